The molecule has 1 aromatic carbocycles. The van der Waals surface area contributed by atoms with Gasteiger partial charge in [-0.15, -0.1) is 0 Å². The molecule has 0 radical (unpaired) electrons. The average molecular weight is 344 g/mol. The lowest BCUT2D eigenvalue weighted by Crippen LogP contribution is -2.64. The van der Waals surface area contributed by atoms with Gasteiger partial charge in [-0.05, 0) is 47.4 Å². The summed E-state index contributed by atoms with van der Waals surface area (Å²) in [4.78, 5) is 0. The molecule has 2 unspecified atom stereocenters. The maximum absolute atomic E-state index is 13.4. The Hall–Kier alpha value is -0.610. The molecule has 0 heterocycles. The molecule has 2 atom stereocenters. The van der Waals surface area contributed by atoms with Crippen LogP contribution in [0, 0.1) is 11.2 Å². The maximum Gasteiger partial charge on any atom is 0.136 e. The Bertz CT molecular complexity index is 462. The smallest absolute Gasteiger partial charge is 0.136 e. The second-order valence-corrected chi connectivity index (χ2v) is 6.32. The number of hydrogen-bond donors (Lipinski definition) is 1. The van der Waals surface area contributed by atoms with Crippen LogP contribution in [0.1, 0.15) is 40.0 Å². The van der Waals surface area contributed by atoms with E-state index in [9.17, 15) is 4.39 Å². The Balaban J connectivity index is 2.15. The van der Waals surface area contributed by atoms with E-state index in [0.29, 0.717) is 11.8 Å². The molecule has 0 saturated heterocycles. The molecule has 1 aromatic rings. The van der Waals surface area contributed by atoms with Gasteiger partial charge < -0.3 is 10.1 Å². The minimum absolute atomic E-state index is 0.152. The molecule has 20 heavy (non-hydrogen) atoms. The lowest BCUT2D eigenvalue weighted by atomic mass is 9.58. The largest absolute Gasteiger partial charge is 0.488 e. The van der Waals surface area contributed by atoms with Gasteiger partial charge in [0.2, 0.25) is 0 Å². The van der Waals surface area contributed by atoms with E-state index in [1.807, 2.05) is 0 Å². The van der Waals surface area contributed by atoms with Gasteiger partial charge in [-0.2, -0.15) is 0 Å². The summed E-state index contributed by atoms with van der Waals surface area (Å²) in [5, 5.41) is 3.55. The molecule has 0 bridgehead atoms. The lowest BCUT2D eigenvalue weighted by Gasteiger charge is -2.55. The number of hydrogen-bond acceptors (Lipinski definition) is 2. The minimum Gasteiger partial charge on any atom is -0.488 e. The molecule has 112 valence electrons. The first-order chi connectivity index (χ1) is 9.57. The van der Waals surface area contributed by atoms with E-state index in [-0.39, 0.29) is 17.3 Å². The first-order valence-electron chi connectivity index (χ1n) is 7.42. The Morgan fingerprint density at radius 1 is 1.35 bits per heavy atom. The molecule has 0 spiro atoms. The van der Waals surface area contributed by atoms with Crippen LogP contribution in [0.4, 0.5) is 4.39 Å². The highest BCUT2D eigenvalue weighted by Gasteiger charge is 2.53. The van der Waals surface area contributed by atoms with Crippen LogP contribution in [0.15, 0.2) is 22.7 Å². The van der Waals surface area contributed by atoms with E-state index in [1.54, 1.807) is 6.07 Å². The third-order valence-electron chi connectivity index (χ3n) is 4.71. The summed E-state index contributed by atoms with van der Waals surface area (Å²) in [6.45, 7) is 7.53. The van der Waals surface area contributed by atoms with Crippen molar-refractivity contribution in [2.45, 2.75) is 52.2 Å². The predicted molar refractivity (Wildman–Crippen MR) is 83.6 cm³/mol. The maximum atomic E-state index is 13.4. The van der Waals surface area contributed by atoms with Crippen molar-refractivity contribution < 1.29 is 9.13 Å². The number of halogens is 2. The van der Waals surface area contributed by atoms with Crippen molar-refractivity contribution in [2.24, 2.45) is 5.41 Å². The number of benzene rings is 1. The molecule has 0 aromatic heterocycles. The summed E-state index contributed by atoms with van der Waals surface area (Å²) in [7, 11) is 0. The van der Waals surface area contributed by atoms with E-state index in [0.717, 1.165) is 30.3 Å². The van der Waals surface area contributed by atoms with Crippen LogP contribution in [0.2, 0.25) is 0 Å². The van der Waals surface area contributed by atoms with Crippen LogP contribution in [0.5, 0.6) is 5.75 Å². The van der Waals surface area contributed by atoms with Gasteiger partial charge in [0.05, 0.1) is 4.47 Å². The van der Waals surface area contributed by atoms with Crippen LogP contribution in [0.3, 0.4) is 0 Å². The third kappa shape index (κ3) is 2.73. The first kappa shape index (κ1) is 15.8. The summed E-state index contributed by atoms with van der Waals surface area (Å²) >= 11 is 3.43. The standard InChI is InChI=1S/C16H23BrFNO/c1-4-16(5-2)14(19-6-3)10-15(16)20-13-9-11(18)7-8-12(13)17/h7-9,14-15,19H,4-6,10H2,1-3H3. The minimum atomic E-state index is -0.260. The summed E-state index contributed by atoms with van der Waals surface area (Å²) < 4.78 is 20.3. The van der Waals surface area contributed by atoms with Crippen LogP contribution >= 0.6 is 15.9 Å². The van der Waals surface area contributed by atoms with E-state index >= 15 is 0 Å². The zero-order chi connectivity index (χ0) is 14.8. The molecule has 0 amide bonds. The number of rotatable bonds is 6. The summed E-state index contributed by atoms with van der Waals surface area (Å²) in [5.74, 6) is 0.348. The van der Waals surface area contributed by atoms with Crippen molar-refractivity contribution in [3.8, 4) is 5.75 Å². The molecular weight excluding hydrogens is 321 g/mol. The lowest BCUT2D eigenvalue weighted by molar-refractivity contribution is -0.0858. The first-order valence-corrected chi connectivity index (χ1v) is 8.21. The van der Waals surface area contributed by atoms with Crippen LogP contribution < -0.4 is 10.1 Å². The van der Waals surface area contributed by atoms with Crippen LogP contribution in [-0.2, 0) is 0 Å². The predicted octanol–water partition coefficient (Wildman–Crippen LogP) is 4.52. The topological polar surface area (TPSA) is 21.3 Å². The van der Waals surface area contributed by atoms with Crippen LogP contribution in [0.25, 0.3) is 0 Å². The molecule has 1 N–H and O–H groups in total. The summed E-state index contributed by atoms with van der Waals surface area (Å²) in [5.41, 5.74) is 0.155. The Morgan fingerprint density at radius 2 is 2.05 bits per heavy atom. The highest BCUT2D eigenvalue weighted by atomic mass is 79.9. The highest BCUT2D eigenvalue weighted by molar-refractivity contribution is 9.10. The third-order valence-corrected chi connectivity index (χ3v) is 5.37. The fraction of sp³-hybridized carbons (Fsp3) is 0.625. The van der Waals surface area contributed by atoms with Crippen molar-refractivity contribution in [3.63, 3.8) is 0 Å². The molecular formula is C16H23BrFNO. The summed E-state index contributed by atoms with van der Waals surface area (Å²) in [6.07, 6.45) is 3.27. The van der Waals surface area contributed by atoms with Crippen molar-refractivity contribution in [1.29, 1.82) is 0 Å². The van der Waals surface area contributed by atoms with Crippen molar-refractivity contribution >= 4 is 15.9 Å². The van der Waals surface area contributed by atoms with Gasteiger partial charge in [0, 0.05) is 23.9 Å². The highest BCUT2D eigenvalue weighted by Crippen LogP contribution is 2.49. The Labute approximate surface area is 129 Å². The van der Waals surface area contributed by atoms with Gasteiger partial charge >= 0.3 is 0 Å². The van der Waals surface area contributed by atoms with Gasteiger partial charge in [0.25, 0.3) is 0 Å². The Morgan fingerprint density at radius 3 is 2.65 bits per heavy atom. The second-order valence-electron chi connectivity index (χ2n) is 5.47. The quantitative estimate of drug-likeness (QED) is 0.819. The molecule has 2 nitrogen and oxygen atoms in total. The second kappa shape index (κ2) is 6.44. The van der Waals surface area contributed by atoms with E-state index in [1.165, 1.54) is 12.1 Å². The van der Waals surface area contributed by atoms with Gasteiger partial charge in [0.15, 0.2) is 0 Å². The zero-order valence-electron chi connectivity index (χ0n) is 12.4. The van der Waals surface area contributed by atoms with E-state index in [2.05, 4.69) is 42.0 Å². The normalized spacial score (nSPS) is 24.2. The average Bonchev–Trinajstić information content (AvgIpc) is 2.43. The summed E-state index contributed by atoms with van der Waals surface area (Å²) in [6, 6.07) is 5.09. The van der Waals surface area contributed by atoms with Crippen molar-refractivity contribution in [3.05, 3.63) is 28.5 Å². The van der Waals surface area contributed by atoms with E-state index in [4.69, 9.17) is 4.74 Å². The monoisotopic (exact) mass is 343 g/mol. The van der Waals surface area contributed by atoms with Gasteiger partial charge in [0.1, 0.15) is 17.7 Å². The van der Waals surface area contributed by atoms with Crippen LogP contribution in [-0.4, -0.2) is 18.7 Å². The molecule has 1 fully saturated rings. The molecule has 1 aliphatic carbocycles. The number of nitrogens with one attached hydrogen (secondary N) is 1. The fourth-order valence-electron chi connectivity index (χ4n) is 3.36. The van der Waals surface area contributed by atoms with E-state index < -0.39 is 0 Å². The van der Waals surface area contributed by atoms with Crippen molar-refractivity contribution in [2.75, 3.05) is 6.54 Å². The SMILES string of the molecule is CCNC1CC(Oc2cc(F)ccc2Br)C1(CC)CC. The number of ether oxygens (including phenoxy) is 1. The molecule has 1 aliphatic rings. The fourth-order valence-corrected chi connectivity index (χ4v) is 3.70. The van der Waals surface area contributed by atoms with Gasteiger partial charge in [-0.3, -0.25) is 0 Å². The van der Waals surface area contributed by atoms with Crippen molar-refractivity contribution in [1.82, 2.24) is 5.32 Å². The van der Waals surface area contributed by atoms with Gasteiger partial charge in [-0.1, -0.05) is 20.8 Å². The van der Waals surface area contributed by atoms with Gasteiger partial charge in [-0.25, -0.2) is 4.39 Å². The molecule has 0 aliphatic heterocycles. The molecule has 2 rings (SSSR count). The molecule has 4 heteroatoms. The zero-order valence-corrected chi connectivity index (χ0v) is 14.0. The Kier molecular flexibility index (Phi) is 5.08. The molecule has 1 saturated carbocycles.